The van der Waals surface area contributed by atoms with E-state index < -0.39 is 29.4 Å². The van der Waals surface area contributed by atoms with E-state index in [1.54, 1.807) is 66.9 Å². The molecule has 1 aromatic carbocycles. The molecule has 0 aliphatic heterocycles. The Morgan fingerprint density at radius 3 is 2.30 bits per heavy atom. The van der Waals surface area contributed by atoms with Crippen molar-refractivity contribution < 1.29 is 23.8 Å². The Labute approximate surface area is 183 Å². The van der Waals surface area contributed by atoms with Crippen LogP contribution in [0.25, 0.3) is 0 Å². The molecule has 7 nitrogen and oxygen atoms in total. The Morgan fingerprint density at radius 2 is 1.73 bits per heavy atom. The second kappa shape index (κ2) is 9.16. The smallest absolute Gasteiger partial charge is 0.429 e. The van der Waals surface area contributed by atoms with Crippen LogP contribution in [0.1, 0.15) is 59.4 Å². The molecule has 2 rings (SSSR count). The number of methoxy groups -OCH3 is 1. The molecule has 0 spiro atoms. The number of hydrazine groups is 1. The maximum Gasteiger partial charge on any atom is 0.429 e. The van der Waals surface area contributed by atoms with Crippen molar-refractivity contribution in [1.82, 2.24) is 10.4 Å². The molecule has 0 heterocycles. The predicted molar refractivity (Wildman–Crippen MR) is 116 cm³/mol. The first-order chi connectivity index (χ1) is 13.8. The minimum atomic E-state index is -0.739. The van der Waals surface area contributed by atoms with Gasteiger partial charge in [0.15, 0.2) is 0 Å². The van der Waals surface area contributed by atoms with Gasteiger partial charge in [-0.2, -0.15) is 0 Å². The Kier molecular flexibility index (Phi) is 7.29. The van der Waals surface area contributed by atoms with Gasteiger partial charge in [-0.3, -0.25) is 0 Å². The molecule has 1 aliphatic carbocycles. The van der Waals surface area contributed by atoms with Crippen molar-refractivity contribution >= 4 is 23.8 Å². The zero-order chi connectivity index (χ0) is 22.7. The van der Waals surface area contributed by atoms with Crippen LogP contribution in [-0.2, 0) is 9.47 Å². The van der Waals surface area contributed by atoms with Gasteiger partial charge in [-0.15, -0.1) is 0 Å². The molecule has 2 atom stereocenters. The molecule has 0 fully saturated rings. The van der Waals surface area contributed by atoms with Crippen molar-refractivity contribution in [2.75, 3.05) is 7.11 Å². The molecule has 0 radical (unpaired) electrons. The molecule has 0 saturated heterocycles. The number of hydrogen-bond acceptors (Lipinski definition) is 5. The fourth-order valence-electron chi connectivity index (χ4n) is 3.16. The fourth-order valence-corrected chi connectivity index (χ4v) is 3.34. The number of amides is 2. The molecular formula is C22H31ClN2O5. The molecule has 1 N–H and O–H groups in total. The number of carbonyl (C=O) groups is 2. The molecule has 0 unspecified atom stereocenters. The van der Waals surface area contributed by atoms with Gasteiger partial charge in [0.05, 0.1) is 13.2 Å². The van der Waals surface area contributed by atoms with E-state index in [2.05, 4.69) is 5.43 Å². The number of nitrogens with one attached hydrogen (secondary N) is 1. The summed E-state index contributed by atoms with van der Waals surface area (Å²) in [5.74, 6) is 0.378. The van der Waals surface area contributed by atoms with E-state index in [9.17, 15) is 9.59 Å². The van der Waals surface area contributed by atoms with Gasteiger partial charge in [-0.1, -0.05) is 23.8 Å². The highest BCUT2D eigenvalue weighted by atomic mass is 35.5. The average molecular weight is 439 g/mol. The van der Waals surface area contributed by atoms with E-state index in [0.717, 1.165) is 5.56 Å². The fraction of sp³-hybridized carbons (Fsp3) is 0.545. The molecule has 8 heteroatoms. The molecule has 166 valence electrons. The highest BCUT2D eigenvalue weighted by Gasteiger charge is 2.38. The van der Waals surface area contributed by atoms with E-state index in [-0.39, 0.29) is 5.92 Å². The summed E-state index contributed by atoms with van der Waals surface area (Å²) in [6.45, 7) is 10.5. The van der Waals surface area contributed by atoms with E-state index in [1.807, 2.05) is 12.2 Å². The molecule has 1 aliphatic rings. The monoisotopic (exact) mass is 438 g/mol. The van der Waals surface area contributed by atoms with Crippen molar-refractivity contribution in [2.24, 2.45) is 0 Å². The molecule has 30 heavy (non-hydrogen) atoms. The van der Waals surface area contributed by atoms with E-state index >= 15 is 0 Å². The second-order valence-corrected chi connectivity index (χ2v) is 9.54. The van der Waals surface area contributed by atoms with Crippen LogP contribution in [0, 0.1) is 0 Å². The van der Waals surface area contributed by atoms with Gasteiger partial charge < -0.3 is 14.2 Å². The van der Waals surface area contributed by atoms with Gasteiger partial charge in [0.2, 0.25) is 0 Å². The SMILES string of the molecule is COc1ccc(Cl)cc1[C@@H]1C=CC[C@H]1N(NC(=O)OC(C)(C)C)C(=O)OC(C)(C)C. The van der Waals surface area contributed by atoms with Crippen molar-refractivity contribution in [2.45, 2.75) is 71.1 Å². The minimum Gasteiger partial charge on any atom is -0.496 e. The van der Waals surface area contributed by atoms with Gasteiger partial charge >= 0.3 is 12.2 Å². The van der Waals surface area contributed by atoms with Crippen LogP contribution >= 0.6 is 11.6 Å². The number of halogens is 1. The third-order valence-corrected chi connectivity index (χ3v) is 4.45. The summed E-state index contributed by atoms with van der Waals surface area (Å²) >= 11 is 6.21. The standard InChI is InChI=1S/C22H31ClN2O5/c1-21(2,3)29-19(26)24-25(20(27)30-22(4,5)6)17-10-8-9-15(17)16-13-14(23)11-12-18(16)28-7/h8-9,11-13,15,17H,10H2,1-7H3,(H,24,26)/t15-,17+/m0/s1. The highest BCUT2D eigenvalue weighted by molar-refractivity contribution is 6.30. The van der Waals surface area contributed by atoms with Gasteiger partial charge in [0.1, 0.15) is 17.0 Å². The third kappa shape index (κ3) is 6.55. The average Bonchev–Trinajstić information content (AvgIpc) is 3.05. The van der Waals surface area contributed by atoms with Gasteiger partial charge in [0.25, 0.3) is 0 Å². The topological polar surface area (TPSA) is 77.1 Å². The lowest BCUT2D eigenvalue weighted by Gasteiger charge is -2.35. The van der Waals surface area contributed by atoms with Crippen molar-refractivity contribution in [3.05, 3.63) is 40.9 Å². The molecule has 0 saturated carbocycles. The van der Waals surface area contributed by atoms with Crippen LogP contribution in [0.5, 0.6) is 5.75 Å². The molecular weight excluding hydrogens is 408 g/mol. The zero-order valence-corrected chi connectivity index (χ0v) is 19.4. The van der Waals surface area contributed by atoms with Crippen LogP contribution in [-0.4, -0.2) is 41.5 Å². The number of carbonyl (C=O) groups excluding carboxylic acids is 2. The number of nitrogens with zero attached hydrogens (tertiary/aromatic N) is 1. The Balaban J connectivity index is 2.38. The van der Waals surface area contributed by atoms with Crippen LogP contribution in [0.3, 0.4) is 0 Å². The third-order valence-electron chi connectivity index (χ3n) is 4.22. The van der Waals surface area contributed by atoms with Gasteiger partial charge in [-0.05, 0) is 66.2 Å². The van der Waals surface area contributed by atoms with Crippen molar-refractivity contribution in [3.63, 3.8) is 0 Å². The van der Waals surface area contributed by atoms with E-state index in [4.69, 9.17) is 25.8 Å². The number of hydrogen-bond donors (Lipinski definition) is 1. The Hall–Kier alpha value is -2.41. The highest BCUT2D eigenvalue weighted by Crippen LogP contribution is 2.38. The van der Waals surface area contributed by atoms with Crippen LogP contribution in [0.4, 0.5) is 9.59 Å². The summed E-state index contributed by atoms with van der Waals surface area (Å²) < 4.78 is 16.4. The Bertz CT molecular complexity index is 811. The van der Waals surface area contributed by atoms with Crippen molar-refractivity contribution in [3.8, 4) is 5.75 Å². The molecule has 0 aromatic heterocycles. The minimum absolute atomic E-state index is 0.263. The van der Waals surface area contributed by atoms with Crippen molar-refractivity contribution in [1.29, 1.82) is 0 Å². The number of ether oxygens (including phenoxy) is 3. The van der Waals surface area contributed by atoms with Gasteiger partial charge in [0, 0.05) is 16.5 Å². The van der Waals surface area contributed by atoms with E-state index in [0.29, 0.717) is 17.2 Å². The molecule has 0 bridgehead atoms. The maximum atomic E-state index is 13.0. The summed E-state index contributed by atoms with van der Waals surface area (Å²) in [7, 11) is 1.57. The lowest BCUT2D eigenvalue weighted by molar-refractivity contribution is -0.0100. The normalized spacial score (nSPS) is 18.7. The first-order valence-electron chi connectivity index (χ1n) is 9.82. The summed E-state index contributed by atoms with van der Waals surface area (Å²) in [4.78, 5) is 25.5. The number of benzene rings is 1. The van der Waals surface area contributed by atoms with Crippen LogP contribution in [0.2, 0.25) is 5.02 Å². The zero-order valence-electron chi connectivity index (χ0n) is 18.6. The summed E-state index contributed by atoms with van der Waals surface area (Å²) in [5, 5.41) is 1.75. The predicted octanol–water partition coefficient (Wildman–Crippen LogP) is 5.44. The number of rotatable bonds is 3. The van der Waals surface area contributed by atoms with E-state index in [1.165, 1.54) is 5.01 Å². The molecule has 1 aromatic rings. The van der Waals surface area contributed by atoms with Crippen LogP contribution < -0.4 is 10.2 Å². The quantitative estimate of drug-likeness (QED) is 0.502. The largest absolute Gasteiger partial charge is 0.496 e. The maximum absolute atomic E-state index is 13.0. The molecule has 2 amide bonds. The summed E-state index contributed by atoms with van der Waals surface area (Å²) in [6.07, 6.45) is 3.01. The summed E-state index contributed by atoms with van der Waals surface area (Å²) in [5.41, 5.74) is 1.93. The lowest BCUT2D eigenvalue weighted by atomic mass is 9.93. The first kappa shape index (κ1) is 23.9. The lowest BCUT2D eigenvalue weighted by Crippen LogP contribution is -2.55. The Morgan fingerprint density at radius 1 is 1.10 bits per heavy atom. The summed E-state index contributed by atoms with van der Waals surface area (Å²) in [6, 6.07) is 4.87. The van der Waals surface area contributed by atoms with Gasteiger partial charge in [-0.25, -0.2) is 20.0 Å². The first-order valence-corrected chi connectivity index (χ1v) is 10.2. The van der Waals surface area contributed by atoms with Crippen LogP contribution in [0.15, 0.2) is 30.4 Å². The second-order valence-electron chi connectivity index (χ2n) is 9.11.